The lowest BCUT2D eigenvalue weighted by Crippen LogP contribution is -2.24. The fourth-order valence-corrected chi connectivity index (χ4v) is 3.03. The quantitative estimate of drug-likeness (QED) is 0.607. The molecule has 20 heavy (non-hydrogen) atoms. The van der Waals surface area contributed by atoms with Crippen LogP contribution < -0.4 is 0 Å². The molecule has 112 valence electrons. The van der Waals surface area contributed by atoms with Crippen molar-refractivity contribution in [1.82, 2.24) is 9.97 Å². The first-order chi connectivity index (χ1) is 9.43. The zero-order chi connectivity index (χ0) is 14.8. The van der Waals surface area contributed by atoms with E-state index in [1.165, 1.54) is 19.3 Å². The van der Waals surface area contributed by atoms with Crippen molar-refractivity contribution in [3.8, 4) is 0 Å². The van der Waals surface area contributed by atoms with Crippen molar-refractivity contribution in [1.29, 1.82) is 0 Å². The average Bonchev–Trinajstić information content (AvgIpc) is 2.60. The first kappa shape index (κ1) is 15.7. The summed E-state index contributed by atoms with van der Waals surface area (Å²) in [7, 11) is 0. The first-order valence-electron chi connectivity index (χ1n) is 7.60. The Morgan fingerprint density at radius 3 is 2.50 bits per heavy atom. The molecule has 0 bridgehead atoms. The Morgan fingerprint density at radius 2 is 1.85 bits per heavy atom. The molecule has 1 atom stereocenters. The van der Waals surface area contributed by atoms with Crippen molar-refractivity contribution in [3.05, 3.63) is 22.2 Å². The Morgan fingerprint density at radius 1 is 1.15 bits per heavy atom. The molecule has 0 spiro atoms. The van der Waals surface area contributed by atoms with Gasteiger partial charge in [0.15, 0.2) is 5.82 Å². The van der Waals surface area contributed by atoms with Crippen LogP contribution in [0.2, 0.25) is 5.15 Å². The van der Waals surface area contributed by atoms with Crippen LogP contribution in [-0.4, -0.2) is 16.6 Å². The normalized spacial score (nSPS) is 17.4. The van der Waals surface area contributed by atoms with Crippen LogP contribution in [0.1, 0.15) is 70.1 Å². The first-order valence-corrected chi connectivity index (χ1v) is 7.98. The topological polar surface area (TPSA) is 35.0 Å². The predicted molar refractivity (Wildman–Crippen MR) is 82.1 cm³/mol. The van der Waals surface area contributed by atoms with Gasteiger partial charge >= 0.3 is 0 Å². The summed E-state index contributed by atoms with van der Waals surface area (Å²) in [4.78, 5) is 9.34. The number of halogens is 1. The van der Waals surface area contributed by atoms with Gasteiger partial charge in [0.2, 0.25) is 0 Å². The molecule has 2 rings (SSSR count). The van der Waals surface area contributed by atoms with E-state index >= 15 is 0 Å². The van der Waals surface area contributed by atoms with Gasteiger partial charge in [0, 0.05) is 17.9 Å². The predicted octanol–water partition coefficient (Wildman–Crippen LogP) is 4.52. The van der Waals surface area contributed by atoms with Crippen LogP contribution in [0.25, 0.3) is 0 Å². The molecule has 1 aromatic rings. The standard InChI is InChI=1S/C16H25ClN2O/c1-5-20-13(16(2,3)4)15-18-12-10-8-6-7-9-11(12)14(17)19-15/h13H,5-10H2,1-4H3. The fourth-order valence-electron chi connectivity index (χ4n) is 2.74. The Kier molecular flexibility index (Phi) is 5.03. The molecular formula is C16H25ClN2O. The lowest BCUT2D eigenvalue weighted by molar-refractivity contribution is -0.0192. The van der Waals surface area contributed by atoms with Crippen LogP contribution in [-0.2, 0) is 17.6 Å². The molecule has 0 fully saturated rings. The maximum Gasteiger partial charge on any atom is 0.159 e. The summed E-state index contributed by atoms with van der Waals surface area (Å²) in [6.07, 6.45) is 5.52. The van der Waals surface area contributed by atoms with Gasteiger partial charge in [-0.3, -0.25) is 0 Å². The van der Waals surface area contributed by atoms with Gasteiger partial charge in [0.25, 0.3) is 0 Å². The number of aromatic nitrogens is 2. The van der Waals surface area contributed by atoms with Gasteiger partial charge in [0.1, 0.15) is 11.3 Å². The summed E-state index contributed by atoms with van der Waals surface area (Å²) >= 11 is 6.41. The summed E-state index contributed by atoms with van der Waals surface area (Å²) in [5.41, 5.74) is 2.24. The van der Waals surface area contributed by atoms with E-state index < -0.39 is 0 Å². The van der Waals surface area contributed by atoms with Gasteiger partial charge in [-0.1, -0.05) is 38.8 Å². The number of nitrogens with zero attached hydrogens (tertiary/aromatic N) is 2. The SMILES string of the molecule is CCOC(c1nc(Cl)c2c(n1)CCCCC2)C(C)(C)C. The molecule has 3 nitrogen and oxygen atoms in total. The van der Waals surface area contributed by atoms with Gasteiger partial charge in [-0.2, -0.15) is 0 Å². The van der Waals surface area contributed by atoms with Crippen LogP contribution in [0.15, 0.2) is 0 Å². The maximum absolute atomic E-state index is 6.41. The Bertz CT molecular complexity index is 468. The molecular weight excluding hydrogens is 272 g/mol. The van der Waals surface area contributed by atoms with E-state index in [1.54, 1.807) is 0 Å². The second-order valence-corrected chi connectivity index (χ2v) is 6.92. The summed E-state index contributed by atoms with van der Waals surface area (Å²) in [6, 6.07) is 0. The van der Waals surface area contributed by atoms with E-state index in [4.69, 9.17) is 21.3 Å². The third kappa shape index (κ3) is 3.50. The molecule has 1 aromatic heterocycles. The highest BCUT2D eigenvalue weighted by Gasteiger charge is 2.30. The minimum absolute atomic E-state index is 0.0433. The van der Waals surface area contributed by atoms with Gasteiger partial charge in [-0.15, -0.1) is 0 Å². The highest BCUT2D eigenvalue weighted by Crippen LogP contribution is 2.36. The fraction of sp³-hybridized carbons (Fsp3) is 0.750. The minimum Gasteiger partial charge on any atom is -0.370 e. The van der Waals surface area contributed by atoms with Gasteiger partial charge in [-0.25, -0.2) is 9.97 Å². The van der Waals surface area contributed by atoms with Crippen molar-refractivity contribution < 1.29 is 4.74 Å². The molecule has 1 aliphatic rings. The van der Waals surface area contributed by atoms with Crippen molar-refractivity contribution in [2.24, 2.45) is 5.41 Å². The Labute approximate surface area is 127 Å². The molecule has 1 aliphatic carbocycles. The molecule has 0 aliphatic heterocycles. The molecule has 1 heterocycles. The molecule has 0 aromatic carbocycles. The highest BCUT2D eigenvalue weighted by molar-refractivity contribution is 6.30. The van der Waals surface area contributed by atoms with E-state index in [1.807, 2.05) is 6.92 Å². The van der Waals surface area contributed by atoms with Crippen molar-refractivity contribution >= 4 is 11.6 Å². The van der Waals surface area contributed by atoms with E-state index in [-0.39, 0.29) is 11.5 Å². The van der Waals surface area contributed by atoms with Crippen molar-refractivity contribution in [3.63, 3.8) is 0 Å². The maximum atomic E-state index is 6.41. The summed E-state index contributed by atoms with van der Waals surface area (Å²) in [5.74, 6) is 0.741. The highest BCUT2D eigenvalue weighted by atomic mass is 35.5. The molecule has 0 amide bonds. The number of fused-ring (bicyclic) bond motifs is 1. The lowest BCUT2D eigenvalue weighted by Gasteiger charge is -2.29. The summed E-state index contributed by atoms with van der Waals surface area (Å²) in [5, 5.41) is 0.626. The molecule has 4 heteroatoms. The van der Waals surface area contributed by atoms with Gasteiger partial charge < -0.3 is 4.74 Å². The largest absolute Gasteiger partial charge is 0.370 e. The Hall–Kier alpha value is -0.670. The second kappa shape index (κ2) is 6.40. The van der Waals surface area contributed by atoms with Crippen molar-refractivity contribution in [2.45, 2.75) is 65.9 Å². The lowest BCUT2D eigenvalue weighted by atomic mass is 9.88. The van der Waals surface area contributed by atoms with Crippen LogP contribution in [0.3, 0.4) is 0 Å². The third-order valence-corrected chi connectivity index (χ3v) is 4.07. The number of aryl methyl sites for hydroxylation is 1. The van der Waals surface area contributed by atoms with Crippen LogP contribution in [0.5, 0.6) is 0 Å². The minimum atomic E-state index is -0.112. The average molecular weight is 297 g/mol. The second-order valence-electron chi connectivity index (χ2n) is 6.56. The number of rotatable bonds is 3. The van der Waals surface area contributed by atoms with E-state index in [2.05, 4.69) is 25.8 Å². The summed E-state index contributed by atoms with van der Waals surface area (Å²) < 4.78 is 5.89. The van der Waals surface area contributed by atoms with Crippen LogP contribution in [0.4, 0.5) is 0 Å². The third-order valence-electron chi connectivity index (χ3n) is 3.75. The molecule has 0 saturated carbocycles. The van der Waals surface area contributed by atoms with Crippen LogP contribution in [0, 0.1) is 5.41 Å². The smallest absolute Gasteiger partial charge is 0.159 e. The Balaban J connectivity index is 2.41. The molecule has 0 N–H and O–H groups in total. The number of ether oxygens (including phenoxy) is 1. The zero-order valence-corrected chi connectivity index (χ0v) is 13.8. The molecule has 0 saturated heterocycles. The zero-order valence-electron chi connectivity index (χ0n) is 13.0. The van der Waals surface area contributed by atoms with E-state index in [9.17, 15) is 0 Å². The van der Waals surface area contributed by atoms with Crippen LogP contribution >= 0.6 is 11.6 Å². The van der Waals surface area contributed by atoms with E-state index in [0.29, 0.717) is 11.8 Å². The number of hydrogen-bond donors (Lipinski definition) is 0. The molecule has 1 unspecified atom stereocenters. The van der Waals surface area contributed by atoms with Gasteiger partial charge in [-0.05, 0) is 38.0 Å². The number of hydrogen-bond acceptors (Lipinski definition) is 3. The van der Waals surface area contributed by atoms with Gasteiger partial charge in [0.05, 0.1) is 0 Å². The summed E-state index contributed by atoms with van der Waals surface area (Å²) in [6.45, 7) is 9.10. The van der Waals surface area contributed by atoms with Crippen molar-refractivity contribution in [2.75, 3.05) is 6.61 Å². The van der Waals surface area contributed by atoms with E-state index in [0.717, 1.165) is 29.9 Å². The monoisotopic (exact) mass is 296 g/mol. The molecule has 0 radical (unpaired) electrons.